The van der Waals surface area contributed by atoms with Crippen molar-refractivity contribution in [2.24, 2.45) is 0 Å². The Labute approximate surface area is 119 Å². The van der Waals surface area contributed by atoms with Crippen LogP contribution in [-0.2, 0) is 16.0 Å². The summed E-state index contributed by atoms with van der Waals surface area (Å²) in [4.78, 5) is 31.6. The molecule has 0 amide bonds. The molecule has 0 heterocycles. The molecule has 0 aliphatic heterocycles. The first kappa shape index (κ1) is 15.7. The van der Waals surface area contributed by atoms with Crippen molar-refractivity contribution in [2.45, 2.75) is 13.3 Å². The fourth-order valence-electron chi connectivity index (χ4n) is 1.40. The molecule has 1 rings (SSSR count). The molecule has 0 unspecified atom stereocenters. The van der Waals surface area contributed by atoms with Crippen molar-refractivity contribution in [1.29, 1.82) is 0 Å². The Kier molecular flexibility index (Phi) is 5.74. The Morgan fingerprint density at radius 1 is 1.45 bits per heavy atom. The Balaban J connectivity index is 2.95. The summed E-state index contributed by atoms with van der Waals surface area (Å²) in [5.41, 5.74) is 0.277. The number of hydrogen-bond donors (Lipinski definition) is 1. The van der Waals surface area contributed by atoms with Crippen molar-refractivity contribution in [3.63, 3.8) is 0 Å². The lowest BCUT2D eigenvalue weighted by atomic mass is 10.1. The largest absolute Gasteiger partial charge is 0.481 e. The summed E-state index contributed by atoms with van der Waals surface area (Å²) in [5.74, 6) is 4.58. The van der Waals surface area contributed by atoms with Crippen LogP contribution in [0.15, 0.2) is 18.2 Å². The van der Waals surface area contributed by atoms with E-state index in [1.54, 1.807) is 0 Å². The summed E-state index contributed by atoms with van der Waals surface area (Å²) in [5, 5.41) is 19.5. The van der Waals surface area contributed by atoms with E-state index >= 15 is 0 Å². The normalized spacial score (nSPS) is 9.45. The minimum Gasteiger partial charge on any atom is -0.481 e. The number of aliphatic carboxylic acids is 1. The third-order valence-electron chi connectivity index (χ3n) is 2.20. The second-order valence-electron chi connectivity index (χ2n) is 3.75. The van der Waals surface area contributed by atoms with E-state index in [-0.39, 0.29) is 16.4 Å². The number of carboxylic acid groups (broad SMARTS) is 1. The average molecular weight is 293 g/mol. The van der Waals surface area contributed by atoms with Gasteiger partial charge < -0.3 is 5.11 Å². The van der Waals surface area contributed by atoms with Crippen molar-refractivity contribution in [2.75, 3.05) is 5.75 Å². The molecule has 1 aromatic rings. The number of thioether (sulfide) groups is 1. The minimum atomic E-state index is -1.13. The molecule has 0 atom stereocenters. The van der Waals surface area contributed by atoms with Gasteiger partial charge >= 0.3 is 5.97 Å². The second kappa shape index (κ2) is 7.31. The van der Waals surface area contributed by atoms with Crippen molar-refractivity contribution >= 4 is 28.5 Å². The molecule has 0 aliphatic carbocycles. The van der Waals surface area contributed by atoms with E-state index in [0.29, 0.717) is 11.3 Å². The highest BCUT2D eigenvalue weighted by Crippen LogP contribution is 2.20. The van der Waals surface area contributed by atoms with Crippen molar-refractivity contribution < 1.29 is 19.6 Å². The van der Waals surface area contributed by atoms with Crippen LogP contribution in [0.4, 0.5) is 5.69 Å². The number of rotatable bonds is 4. The Morgan fingerprint density at radius 3 is 2.70 bits per heavy atom. The van der Waals surface area contributed by atoms with Gasteiger partial charge in [-0.25, -0.2) is 0 Å². The van der Waals surface area contributed by atoms with Crippen LogP contribution in [0.3, 0.4) is 0 Å². The van der Waals surface area contributed by atoms with Crippen molar-refractivity contribution in [3.8, 4) is 11.8 Å². The number of nitro benzene ring substituents is 1. The van der Waals surface area contributed by atoms with E-state index in [0.717, 1.165) is 11.8 Å². The molecule has 0 radical (unpaired) electrons. The van der Waals surface area contributed by atoms with Crippen LogP contribution in [0, 0.1) is 22.0 Å². The van der Waals surface area contributed by atoms with Crippen LogP contribution in [0.5, 0.6) is 0 Å². The number of carbonyl (C=O) groups excluding carboxylic acids is 1. The molecular formula is C13H11NO5S. The highest BCUT2D eigenvalue weighted by atomic mass is 32.2. The molecular weight excluding hydrogens is 282 g/mol. The van der Waals surface area contributed by atoms with E-state index in [2.05, 4.69) is 11.8 Å². The van der Waals surface area contributed by atoms with Crippen molar-refractivity contribution in [3.05, 3.63) is 39.4 Å². The van der Waals surface area contributed by atoms with Crippen LogP contribution in [0.2, 0.25) is 0 Å². The Hall–Kier alpha value is -2.33. The van der Waals surface area contributed by atoms with E-state index < -0.39 is 17.3 Å². The van der Waals surface area contributed by atoms with Gasteiger partial charge in [0, 0.05) is 24.1 Å². The fourth-order valence-corrected chi connectivity index (χ4v) is 1.75. The van der Waals surface area contributed by atoms with Gasteiger partial charge in [-0.15, -0.1) is 0 Å². The number of hydrogen-bond acceptors (Lipinski definition) is 5. The van der Waals surface area contributed by atoms with Gasteiger partial charge in [-0.05, 0) is 6.07 Å². The third kappa shape index (κ3) is 5.12. The van der Waals surface area contributed by atoms with E-state index in [1.165, 1.54) is 25.1 Å². The van der Waals surface area contributed by atoms with E-state index in [1.807, 2.05) is 0 Å². The highest BCUT2D eigenvalue weighted by Gasteiger charge is 2.16. The highest BCUT2D eigenvalue weighted by molar-refractivity contribution is 8.13. The minimum absolute atomic E-state index is 0.0536. The number of carbonyl (C=O) groups is 2. The smallest absolute Gasteiger partial charge is 0.308 e. The molecule has 20 heavy (non-hydrogen) atoms. The Morgan fingerprint density at radius 2 is 2.15 bits per heavy atom. The standard InChI is InChI=1S/C13H11NO5S/c1-9(15)20-6-2-3-10-4-5-11(8-13(16)17)12(7-10)14(18)19/h4-5,7H,6,8H2,1H3,(H,16,17). The van der Waals surface area contributed by atoms with Gasteiger partial charge in [-0.2, -0.15) is 0 Å². The second-order valence-corrected chi connectivity index (χ2v) is 4.91. The van der Waals surface area contributed by atoms with Gasteiger partial charge in [0.05, 0.1) is 17.1 Å². The molecule has 0 saturated carbocycles. The lowest BCUT2D eigenvalue weighted by Crippen LogP contribution is -2.04. The molecule has 0 aromatic heterocycles. The number of nitro groups is 1. The zero-order valence-corrected chi connectivity index (χ0v) is 11.4. The molecule has 0 fully saturated rings. The Bertz CT molecular complexity index is 615. The molecule has 1 aromatic carbocycles. The van der Waals surface area contributed by atoms with E-state index in [9.17, 15) is 19.7 Å². The quantitative estimate of drug-likeness (QED) is 0.517. The molecule has 7 heteroatoms. The lowest BCUT2D eigenvalue weighted by Gasteiger charge is -2.00. The van der Waals surface area contributed by atoms with Crippen LogP contribution >= 0.6 is 11.8 Å². The molecule has 0 saturated heterocycles. The van der Waals surface area contributed by atoms with Gasteiger partial charge in [-0.1, -0.05) is 29.7 Å². The van der Waals surface area contributed by atoms with Crippen LogP contribution in [0.25, 0.3) is 0 Å². The predicted octanol–water partition coefficient (Wildman–Crippen LogP) is 1.85. The zero-order chi connectivity index (χ0) is 15.1. The first-order valence-electron chi connectivity index (χ1n) is 5.51. The molecule has 0 spiro atoms. The number of carboxylic acids is 1. The predicted molar refractivity (Wildman–Crippen MR) is 74.5 cm³/mol. The fraction of sp³-hybridized carbons (Fsp3) is 0.231. The maximum atomic E-state index is 10.9. The van der Waals surface area contributed by atoms with Gasteiger partial charge in [0.1, 0.15) is 0 Å². The lowest BCUT2D eigenvalue weighted by molar-refractivity contribution is -0.385. The summed E-state index contributed by atoms with van der Waals surface area (Å²) in [6.07, 6.45) is -0.412. The zero-order valence-electron chi connectivity index (χ0n) is 10.6. The SMILES string of the molecule is CC(=O)SCC#Cc1ccc(CC(=O)O)c([N+](=O)[O-])c1. The summed E-state index contributed by atoms with van der Waals surface area (Å²) < 4.78 is 0. The summed E-state index contributed by atoms with van der Waals surface area (Å²) in [7, 11) is 0. The number of benzene rings is 1. The van der Waals surface area contributed by atoms with Gasteiger partial charge in [0.15, 0.2) is 5.12 Å². The van der Waals surface area contributed by atoms with Gasteiger partial charge in [0.25, 0.3) is 5.69 Å². The van der Waals surface area contributed by atoms with Crippen LogP contribution in [0.1, 0.15) is 18.1 Å². The average Bonchev–Trinajstić information content (AvgIpc) is 2.35. The topological polar surface area (TPSA) is 97.5 Å². The monoisotopic (exact) mass is 293 g/mol. The summed E-state index contributed by atoms with van der Waals surface area (Å²) in [6.45, 7) is 1.43. The molecule has 104 valence electrons. The maximum Gasteiger partial charge on any atom is 0.308 e. The van der Waals surface area contributed by atoms with Crippen LogP contribution < -0.4 is 0 Å². The first-order chi connectivity index (χ1) is 9.40. The maximum absolute atomic E-state index is 10.9. The summed E-state index contributed by atoms with van der Waals surface area (Å²) in [6, 6.07) is 4.15. The molecule has 6 nitrogen and oxygen atoms in total. The third-order valence-corrected chi connectivity index (χ3v) is 2.90. The van der Waals surface area contributed by atoms with E-state index in [4.69, 9.17) is 5.11 Å². The number of nitrogens with zero attached hydrogens (tertiary/aromatic N) is 1. The van der Waals surface area contributed by atoms with Gasteiger partial charge in [0.2, 0.25) is 0 Å². The van der Waals surface area contributed by atoms with Crippen molar-refractivity contribution in [1.82, 2.24) is 0 Å². The van der Waals surface area contributed by atoms with Crippen LogP contribution in [-0.4, -0.2) is 26.9 Å². The first-order valence-corrected chi connectivity index (χ1v) is 6.50. The molecule has 0 bridgehead atoms. The molecule has 1 N–H and O–H groups in total. The van der Waals surface area contributed by atoms with Gasteiger partial charge in [-0.3, -0.25) is 19.7 Å². The summed E-state index contributed by atoms with van der Waals surface area (Å²) >= 11 is 1.05. The molecule has 0 aliphatic rings.